The number of methoxy groups -OCH3 is 1. The molecule has 1 rings (SSSR count). The van der Waals surface area contributed by atoms with Crippen molar-refractivity contribution < 1.29 is 9.53 Å². The molecule has 6 heteroatoms. The summed E-state index contributed by atoms with van der Waals surface area (Å²) in [6, 6.07) is 0.106. The van der Waals surface area contributed by atoms with Gasteiger partial charge in [-0.1, -0.05) is 0 Å². The number of hydrogen-bond donors (Lipinski definition) is 2. The summed E-state index contributed by atoms with van der Waals surface area (Å²) >= 11 is 0. The van der Waals surface area contributed by atoms with E-state index in [9.17, 15) is 4.79 Å². The van der Waals surface area contributed by atoms with E-state index in [0.717, 1.165) is 13.1 Å². The molecule has 2 atom stereocenters. The molecule has 2 unspecified atom stereocenters. The first-order valence-corrected chi connectivity index (χ1v) is 3.77. The molecule has 4 nitrogen and oxygen atoms in total. The summed E-state index contributed by atoms with van der Waals surface area (Å²) in [7, 11) is 1.40. The minimum atomic E-state index is -0.172. The number of ether oxygens (including phenoxy) is 1. The maximum Gasteiger partial charge on any atom is 0.305 e. The quantitative estimate of drug-likeness (QED) is 0.653. The lowest BCUT2D eigenvalue weighted by molar-refractivity contribution is -0.141. The Morgan fingerprint density at radius 1 is 1.54 bits per heavy atom. The number of esters is 1. The molecule has 0 saturated carbocycles. The lowest BCUT2D eigenvalue weighted by atomic mass is 10.0. The first-order chi connectivity index (χ1) is 5.24. The lowest BCUT2D eigenvalue weighted by Gasteiger charge is -2.11. The Morgan fingerprint density at radius 3 is 2.54 bits per heavy atom. The zero-order valence-corrected chi connectivity index (χ0v) is 9.12. The molecule has 0 amide bonds. The predicted octanol–water partition coefficient (Wildman–Crippen LogP) is -0.0602. The second kappa shape index (κ2) is 7.38. The highest BCUT2D eigenvalue weighted by atomic mass is 35.5. The normalized spacial score (nSPS) is 25.7. The van der Waals surface area contributed by atoms with E-state index in [1.165, 1.54) is 7.11 Å². The molecule has 0 aromatic carbocycles. The average molecular weight is 231 g/mol. The van der Waals surface area contributed by atoms with Gasteiger partial charge in [-0.2, -0.15) is 0 Å². The van der Waals surface area contributed by atoms with Gasteiger partial charge in [-0.15, -0.1) is 24.8 Å². The third kappa shape index (κ3) is 4.67. The van der Waals surface area contributed by atoms with Crippen LogP contribution in [-0.2, 0) is 9.53 Å². The van der Waals surface area contributed by atoms with Gasteiger partial charge in [-0.05, 0) is 5.92 Å². The maximum atomic E-state index is 10.8. The van der Waals surface area contributed by atoms with Crippen LogP contribution in [0, 0.1) is 5.92 Å². The van der Waals surface area contributed by atoms with Crippen LogP contribution in [0.4, 0.5) is 0 Å². The Kier molecular flexibility index (Phi) is 8.77. The first-order valence-electron chi connectivity index (χ1n) is 3.77. The van der Waals surface area contributed by atoms with Gasteiger partial charge in [-0.25, -0.2) is 0 Å². The van der Waals surface area contributed by atoms with Gasteiger partial charge in [0.25, 0.3) is 0 Å². The second-order valence-electron chi connectivity index (χ2n) is 2.86. The number of carbonyl (C=O) groups excluding carboxylic acids is 1. The van der Waals surface area contributed by atoms with Gasteiger partial charge in [0, 0.05) is 19.1 Å². The molecule has 80 valence electrons. The fraction of sp³-hybridized carbons (Fsp3) is 0.857. The van der Waals surface area contributed by atoms with Crippen molar-refractivity contribution >= 4 is 30.8 Å². The Labute approximate surface area is 90.4 Å². The van der Waals surface area contributed by atoms with E-state index in [-0.39, 0.29) is 42.7 Å². The van der Waals surface area contributed by atoms with Crippen LogP contribution in [0.15, 0.2) is 0 Å². The monoisotopic (exact) mass is 230 g/mol. The zero-order valence-electron chi connectivity index (χ0n) is 7.49. The first kappa shape index (κ1) is 15.4. The van der Waals surface area contributed by atoms with Crippen LogP contribution in [0.2, 0.25) is 0 Å². The molecule has 0 aliphatic carbocycles. The van der Waals surface area contributed by atoms with Crippen molar-refractivity contribution in [3.8, 4) is 0 Å². The summed E-state index contributed by atoms with van der Waals surface area (Å²) < 4.78 is 4.54. The van der Waals surface area contributed by atoms with Crippen molar-refractivity contribution in [1.29, 1.82) is 0 Å². The number of halogens is 2. The van der Waals surface area contributed by atoms with Gasteiger partial charge in [-0.3, -0.25) is 4.79 Å². The van der Waals surface area contributed by atoms with Crippen LogP contribution in [-0.4, -0.2) is 32.2 Å². The topological polar surface area (TPSA) is 64.3 Å². The van der Waals surface area contributed by atoms with Gasteiger partial charge < -0.3 is 15.8 Å². The van der Waals surface area contributed by atoms with E-state index in [2.05, 4.69) is 10.1 Å². The van der Waals surface area contributed by atoms with Crippen molar-refractivity contribution in [2.75, 3.05) is 20.2 Å². The van der Waals surface area contributed by atoms with E-state index in [1.54, 1.807) is 0 Å². The highest BCUT2D eigenvalue weighted by Crippen LogP contribution is 2.11. The smallest absolute Gasteiger partial charge is 0.305 e. The van der Waals surface area contributed by atoms with Crippen LogP contribution in [0.5, 0.6) is 0 Å². The Hall–Kier alpha value is -0.0300. The molecule has 13 heavy (non-hydrogen) atoms. The molecule has 1 heterocycles. The van der Waals surface area contributed by atoms with E-state index >= 15 is 0 Å². The highest BCUT2D eigenvalue weighted by molar-refractivity contribution is 5.85. The average Bonchev–Trinajstić information content (AvgIpc) is 2.37. The molecule has 0 aromatic heterocycles. The lowest BCUT2D eigenvalue weighted by Crippen LogP contribution is -2.30. The molecule has 1 saturated heterocycles. The molecular formula is C7H16Cl2N2O2. The maximum absolute atomic E-state index is 10.8. The van der Waals surface area contributed by atoms with Crippen LogP contribution >= 0.6 is 24.8 Å². The zero-order chi connectivity index (χ0) is 8.27. The van der Waals surface area contributed by atoms with E-state index in [0.29, 0.717) is 6.42 Å². The largest absolute Gasteiger partial charge is 0.469 e. The van der Waals surface area contributed by atoms with Gasteiger partial charge in [0.2, 0.25) is 0 Å². The molecule has 0 bridgehead atoms. The highest BCUT2D eigenvalue weighted by Gasteiger charge is 2.25. The Morgan fingerprint density at radius 2 is 2.15 bits per heavy atom. The van der Waals surface area contributed by atoms with E-state index < -0.39 is 0 Å². The van der Waals surface area contributed by atoms with E-state index in [1.807, 2.05) is 0 Å². The number of rotatable bonds is 2. The summed E-state index contributed by atoms with van der Waals surface area (Å²) in [5, 5.41) is 3.12. The number of carbonyl (C=O) groups is 1. The fourth-order valence-electron chi connectivity index (χ4n) is 1.27. The number of hydrogen-bond acceptors (Lipinski definition) is 4. The molecule has 1 aliphatic rings. The Bertz CT molecular complexity index is 157. The summed E-state index contributed by atoms with van der Waals surface area (Å²) in [6.45, 7) is 1.64. The van der Waals surface area contributed by atoms with Crippen molar-refractivity contribution in [3.63, 3.8) is 0 Å². The third-order valence-electron chi connectivity index (χ3n) is 2.05. The standard InChI is InChI=1S/C7H14N2O2.2ClH/c1-11-7(10)2-5-3-9-4-6(5)8;;/h5-6,9H,2-4,8H2,1H3;2*1H. The fourth-order valence-corrected chi connectivity index (χ4v) is 1.27. The SMILES string of the molecule is COC(=O)CC1CNCC1N.Cl.Cl. The van der Waals surface area contributed by atoms with Crippen LogP contribution in [0.1, 0.15) is 6.42 Å². The van der Waals surface area contributed by atoms with E-state index in [4.69, 9.17) is 5.73 Å². The number of nitrogens with one attached hydrogen (secondary N) is 1. The summed E-state index contributed by atoms with van der Waals surface area (Å²) in [5.74, 6) is 0.0802. The molecule has 3 N–H and O–H groups in total. The Balaban J connectivity index is 0. The van der Waals surface area contributed by atoms with Gasteiger partial charge in [0.1, 0.15) is 0 Å². The van der Waals surface area contributed by atoms with Crippen molar-refractivity contribution in [1.82, 2.24) is 5.32 Å². The minimum Gasteiger partial charge on any atom is -0.469 e. The van der Waals surface area contributed by atoms with Crippen molar-refractivity contribution in [2.45, 2.75) is 12.5 Å². The van der Waals surface area contributed by atoms with Crippen LogP contribution in [0.25, 0.3) is 0 Å². The number of nitrogens with two attached hydrogens (primary N) is 1. The predicted molar refractivity (Wildman–Crippen MR) is 55.5 cm³/mol. The molecular weight excluding hydrogens is 215 g/mol. The van der Waals surface area contributed by atoms with Gasteiger partial charge in [0.15, 0.2) is 0 Å². The van der Waals surface area contributed by atoms with Crippen molar-refractivity contribution in [2.24, 2.45) is 11.7 Å². The van der Waals surface area contributed by atoms with Gasteiger partial charge in [0.05, 0.1) is 13.5 Å². The molecule has 1 aliphatic heterocycles. The minimum absolute atomic E-state index is 0. The summed E-state index contributed by atoms with van der Waals surface area (Å²) in [4.78, 5) is 10.8. The third-order valence-corrected chi connectivity index (χ3v) is 2.05. The van der Waals surface area contributed by atoms with Crippen molar-refractivity contribution in [3.05, 3.63) is 0 Å². The molecule has 1 fully saturated rings. The molecule has 0 aromatic rings. The van der Waals surface area contributed by atoms with Gasteiger partial charge >= 0.3 is 5.97 Å². The molecule has 0 spiro atoms. The summed E-state index contributed by atoms with van der Waals surface area (Å²) in [5.41, 5.74) is 5.71. The summed E-state index contributed by atoms with van der Waals surface area (Å²) in [6.07, 6.45) is 0.435. The van der Waals surface area contributed by atoms with Crippen LogP contribution < -0.4 is 11.1 Å². The second-order valence-corrected chi connectivity index (χ2v) is 2.86. The van der Waals surface area contributed by atoms with Crippen LogP contribution in [0.3, 0.4) is 0 Å². The molecule has 0 radical (unpaired) electrons.